The van der Waals surface area contributed by atoms with Crippen molar-refractivity contribution >= 4 is 17.3 Å². The average Bonchev–Trinajstić information content (AvgIpc) is 2.61. The van der Waals surface area contributed by atoms with E-state index in [0.29, 0.717) is 4.88 Å². The molecule has 4 nitrogen and oxygen atoms in total. The Kier molecular flexibility index (Phi) is 4.16. The highest BCUT2D eigenvalue weighted by molar-refractivity contribution is 7.08. The summed E-state index contributed by atoms with van der Waals surface area (Å²) in [7, 11) is 0. The van der Waals surface area contributed by atoms with Crippen LogP contribution in [0.1, 0.15) is 36.1 Å². The summed E-state index contributed by atoms with van der Waals surface area (Å²) in [5, 5.41) is 3.87. The van der Waals surface area contributed by atoms with Crippen molar-refractivity contribution in [3.05, 3.63) is 10.6 Å². The zero-order chi connectivity index (χ0) is 10.6. The van der Waals surface area contributed by atoms with E-state index in [9.17, 15) is 4.79 Å². The number of nitrogens with zero attached hydrogens (tertiary/aromatic N) is 2. The topological polar surface area (TPSA) is 52.1 Å². The third-order valence-electron chi connectivity index (χ3n) is 1.69. The lowest BCUT2D eigenvalue weighted by atomic mass is 10.2. The van der Waals surface area contributed by atoms with Crippen LogP contribution >= 0.6 is 11.5 Å². The Morgan fingerprint density at radius 1 is 1.57 bits per heavy atom. The van der Waals surface area contributed by atoms with Crippen molar-refractivity contribution in [1.29, 1.82) is 0 Å². The molecule has 0 saturated heterocycles. The molecular weight excluding hydrogens is 200 g/mol. The van der Waals surface area contributed by atoms with Crippen molar-refractivity contribution in [2.75, 3.05) is 6.61 Å². The number of ketones is 1. The van der Waals surface area contributed by atoms with Crippen LogP contribution in [-0.4, -0.2) is 28.1 Å². The van der Waals surface area contributed by atoms with Gasteiger partial charge in [-0.3, -0.25) is 4.79 Å². The molecule has 0 radical (unpaired) electrons. The fraction of sp³-hybridized carbons (Fsp3) is 0.667. The number of hydrogen-bond donors (Lipinski definition) is 0. The normalized spacial score (nSPS) is 10.9. The minimum Gasteiger partial charge on any atom is -0.371 e. The fourth-order valence-electron chi connectivity index (χ4n) is 0.960. The monoisotopic (exact) mass is 214 g/mol. The van der Waals surface area contributed by atoms with Gasteiger partial charge in [0.2, 0.25) is 5.78 Å². The number of ether oxygens (including phenoxy) is 1. The zero-order valence-corrected chi connectivity index (χ0v) is 9.43. The lowest BCUT2D eigenvalue weighted by Gasteiger charge is -2.05. The van der Waals surface area contributed by atoms with Gasteiger partial charge in [0, 0.05) is 0 Å². The predicted molar refractivity (Wildman–Crippen MR) is 54.7 cm³/mol. The van der Waals surface area contributed by atoms with Crippen molar-refractivity contribution in [3.63, 3.8) is 0 Å². The van der Waals surface area contributed by atoms with Crippen LogP contribution < -0.4 is 0 Å². The SMILES string of the molecule is CCc1nnsc1C(=O)COC(C)C. The minimum absolute atomic E-state index is 0.0226. The van der Waals surface area contributed by atoms with Crippen molar-refractivity contribution in [2.24, 2.45) is 0 Å². The highest BCUT2D eigenvalue weighted by Gasteiger charge is 2.15. The molecule has 5 heteroatoms. The molecule has 0 unspecified atom stereocenters. The van der Waals surface area contributed by atoms with Crippen LogP contribution in [0.5, 0.6) is 0 Å². The molecule has 0 spiro atoms. The van der Waals surface area contributed by atoms with Crippen LogP contribution in [-0.2, 0) is 11.2 Å². The smallest absolute Gasteiger partial charge is 0.201 e. The Bertz CT molecular complexity index is 310. The van der Waals surface area contributed by atoms with Crippen LogP contribution in [0.15, 0.2) is 0 Å². The maximum atomic E-state index is 11.6. The molecule has 0 saturated carbocycles. The zero-order valence-electron chi connectivity index (χ0n) is 8.61. The van der Waals surface area contributed by atoms with Crippen molar-refractivity contribution < 1.29 is 9.53 Å². The van der Waals surface area contributed by atoms with Gasteiger partial charge in [-0.15, -0.1) is 5.10 Å². The Hall–Kier alpha value is -0.810. The second-order valence-corrected chi connectivity index (χ2v) is 3.94. The standard InChI is InChI=1S/C9H14N2O2S/c1-4-7-9(14-11-10-7)8(12)5-13-6(2)3/h6H,4-5H2,1-3H3. The quantitative estimate of drug-likeness (QED) is 0.700. The van der Waals surface area contributed by atoms with E-state index in [-0.39, 0.29) is 18.5 Å². The van der Waals surface area contributed by atoms with Gasteiger partial charge >= 0.3 is 0 Å². The number of Topliss-reactive ketones (excluding diaryl/α,β-unsaturated/α-hetero) is 1. The van der Waals surface area contributed by atoms with Crippen LogP contribution in [0.3, 0.4) is 0 Å². The van der Waals surface area contributed by atoms with Gasteiger partial charge in [-0.05, 0) is 31.8 Å². The van der Waals surface area contributed by atoms with Gasteiger partial charge in [-0.1, -0.05) is 11.4 Å². The Morgan fingerprint density at radius 3 is 2.86 bits per heavy atom. The van der Waals surface area contributed by atoms with Gasteiger partial charge < -0.3 is 4.74 Å². The van der Waals surface area contributed by atoms with Gasteiger partial charge in [0.15, 0.2) is 0 Å². The fourth-order valence-corrected chi connectivity index (χ4v) is 1.63. The molecule has 0 N–H and O–H groups in total. The highest BCUT2D eigenvalue weighted by Crippen LogP contribution is 2.12. The van der Waals surface area contributed by atoms with E-state index in [0.717, 1.165) is 23.6 Å². The van der Waals surface area contributed by atoms with Crippen LogP contribution in [0, 0.1) is 0 Å². The largest absolute Gasteiger partial charge is 0.371 e. The summed E-state index contributed by atoms with van der Waals surface area (Å²) >= 11 is 1.14. The second kappa shape index (κ2) is 5.17. The van der Waals surface area contributed by atoms with E-state index in [2.05, 4.69) is 9.59 Å². The summed E-state index contributed by atoms with van der Waals surface area (Å²) < 4.78 is 8.98. The second-order valence-electron chi connectivity index (χ2n) is 3.19. The lowest BCUT2D eigenvalue weighted by Crippen LogP contribution is -2.13. The highest BCUT2D eigenvalue weighted by atomic mass is 32.1. The molecule has 0 fully saturated rings. The Morgan fingerprint density at radius 2 is 2.29 bits per heavy atom. The van der Waals surface area contributed by atoms with Gasteiger partial charge in [0.25, 0.3) is 0 Å². The van der Waals surface area contributed by atoms with Crippen LogP contribution in [0.25, 0.3) is 0 Å². The van der Waals surface area contributed by atoms with Gasteiger partial charge in [-0.2, -0.15) is 0 Å². The molecule has 1 aromatic heterocycles. The maximum absolute atomic E-state index is 11.6. The van der Waals surface area contributed by atoms with E-state index in [1.54, 1.807) is 0 Å². The molecule has 0 aliphatic carbocycles. The van der Waals surface area contributed by atoms with Gasteiger partial charge in [-0.25, -0.2) is 0 Å². The van der Waals surface area contributed by atoms with E-state index in [4.69, 9.17) is 4.74 Å². The maximum Gasteiger partial charge on any atom is 0.201 e. The van der Waals surface area contributed by atoms with Gasteiger partial charge in [0.05, 0.1) is 11.8 Å². The third kappa shape index (κ3) is 2.85. The van der Waals surface area contributed by atoms with Crippen molar-refractivity contribution in [2.45, 2.75) is 33.3 Å². The summed E-state index contributed by atoms with van der Waals surface area (Å²) in [4.78, 5) is 12.2. The Balaban J connectivity index is 2.60. The number of aryl methyl sites for hydroxylation is 1. The van der Waals surface area contributed by atoms with Crippen LogP contribution in [0.2, 0.25) is 0 Å². The third-order valence-corrected chi connectivity index (χ3v) is 2.50. The molecule has 0 bridgehead atoms. The Labute approximate surface area is 87.5 Å². The lowest BCUT2D eigenvalue weighted by molar-refractivity contribution is 0.0587. The van der Waals surface area contributed by atoms with E-state index in [1.165, 1.54) is 0 Å². The first-order valence-corrected chi connectivity index (χ1v) is 5.38. The molecule has 14 heavy (non-hydrogen) atoms. The molecule has 78 valence electrons. The summed E-state index contributed by atoms with van der Waals surface area (Å²) in [5.74, 6) is -0.0226. The summed E-state index contributed by atoms with van der Waals surface area (Å²) in [6, 6.07) is 0. The molecule has 0 aliphatic rings. The molecular formula is C9H14N2O2S. The number of carbonyl (C=O) groups is 1. The first kappa shape index (κ1) is 11.3. The summed E-state index contributed by atoms with van der Waals surface area (Å²) in [5.41, 5.74) is 0.771. The van der Waals surface area contributed by atoms with Gasteiger partial charge in [0.1, 0.15) is 11.5 Å². The number of rotatable bonds is 5. The van der Waals surface area contributed by atoms with E-state index < -0.39 is 0 Å². The minimum atomic E-state index is -0.0226. The molecule has 0 aliphatic heterocycles. The molecule has 1 aromatic rings. The summed E-state index contributed by atoms with van der Waals surface area (Å²) in [6.45, 7) is 5.88. The number of carbonyl (C=O) groups excluding carboxylic acids is 1. The van der Waals surface area contributed by atoms with Crippen molar-refractivity contribution in [1.82, 2.24) is 9.59 Å². The number of aromatic nitrogens is 2. The first-order chi connectivity index (χ1) is 6.65. The molecule has 1 rings (SSSR count). The van der Waals surface area contributed by atoms with Crippen LogP contribution in [0.4, 0.5) is 0 Å². The van der Waals surface area contributed by atoms with E-state index in [1.807, 2.05) is 20.8 Å². The summed E-state index contributed by atoms with van der Waals surface area (Å²) in [6.07, 6.45) is 0.809. The number of hydrogen-bond acceptors (Lipinski definition) is 5. The molecule has 1 heterocycles. The van der Waals surface area contributed by atoms with E-state index >= 15 is 0 Å². The molecule has 0 atom stereocenters. The molecule has 0 amide bonds. The predicted octanol–water partition coefficient (Wildman–Crippen LogP) is 1.71. The average molecular weight is 214 g/mol. The first-order valence-electron chi connectivity index (χ1n) is 4.61. The van der Waals surface area contributed by atoms with Crippen molar-refractivity contribution in [3.8, 4) is 0 Å². The molecule has 0 aromatic carbocycles.